The van der Waals surface area contributed by atoms with Gasteiger partial charge in [0.05, 0.1) is 5.92 Å². The van der Waals surface area contributed by atoms with E-state index < -0.39 is 24.1 Å². The lowest BCUT2D eigenvalue weighted by Gasteiger charge is -2.37. The van der Waals surface area contributed by atoms with Crippen molar-refractivity contribution in [1.82, 2.24) is 0 Å². The second-order valence-electron chi connectivity index (χ2n) is 6.46. The highest BCUT2D eigenvalue weighted by atomic mass is 19.3. The van der Waals surface area contributed by atoms with Crippen molar-refractivity contribution in [3.05, 3.63) is 0 Å². The summed E-state index contributed by atoms with van der Waals surface area (Å²) in [4.78, 5) is 23.2. The predicted octanol–water partition coefficient (Wildman–Crippen LogP) is 1.77. The van der Waals surface area contributed by atoms with Gasteiger partial charge in [-0.05, 0) is 11.8 Å². The second kappa shape index (κ2) is 3.46. The molecule has 106 valence electrons. The third kappa shape index (κ3) is 1.55. The first kappa shape index (κ1) is 12.8. The summed E-state index contributed by atoms with van der Waals surface area (Å²) in [5.41, 5.74) is -0.372. The first-order chi connectivity index (χ1) is 8.64. The van der Waals surface area contributed by atoms with Crippen LogP contribution in [0, 0.1) is 23.2 Å². The van der Waals surface area contributed by atoms with Crippen LogP contribution in [0.2, 0.25) is 0 Å². The van der Waals surface area contributed by atoms with Gasteiger partial charge < -0.3 is 9.47 Å². The molecule has 2 saturated carbocycles. The van der Waals surface area contributed by atoms with Crippen LogP contribution in [0.4, 0.5) is 8.78 Å². The zero-order valence-electron chi connectivity index (χ0n) is 11.0. The van der Waals surface area contributed by atoms with E-state index >= 15 is 0 Å². The second-order valence-corrected chi connectivity index (χ2v) is 6.46. The van der Waals surface area contributed by atoms with Gasteiger partial charge in [-0.15, -0.1) is 0 Å². The fraction of sp³-hybridized carbons (Fsp3) is 0.846. The number of hydrogen-bond donors (Lipinski definition) is 0. The summed E-state index contributed by atoms with van der Waals surface area (Å²) in [6.45, 7) is 4.34. The molecule has 1 heterocycles. The molecule has 0 spiro atoms. The van der Waals surface area contributed by atoms with Gasteiger partial charge in [-0.2, -0.15) is 8.78 Å². The number of carbonyl (C=O) groups is 2. The van der Waals surface area contributed by atoms with E-state index in [1.54, 1.807) is 0 Å². The highest BCUT2D eigenvalue weighted by Gasteiger charge is 2.71. The minimum Gasteiger partial charge on any atom is -0.458 e. The molecule has 0 amide bonds. The van der Waals surface area contributed by atoms with Crippen LogP contribution in [0.5, 0.6) is 0 Å². The average molecular weight is 274 g/mol. The summed E-state index contributed by atoms with van der Waals surface area (Å²) < 4.78 is 36.1. The Labute approximate surface area is 109 Å². The van der Waals surface area contributed by atoms with E-state index in [0.29, 0.717) is 13.3 Å². The molecule has 1 saturated heterocycles. The summed E-state index contributed by atoms with van der Waals surface area (Å²) in [5, 5.41) is 0. The molecule has 2 bridgehead atoms. The molecular weight excluding hydrogens is 258 g/mol. The predicted molar refractivity (Wildman–Crippen MR) is 59.2 cm³/mol. The van der Waals surface area contributed by atoms with Crippen molar-refractivity contribution in [2.24, 2.45) is 23.2 Å². The Bertz CT molecular complexity index is 454. The molecule has 1 aliphatic heterocycles. The van der Waals surface area contributed by atoms with E-state index in [2.05, 4.69) is 0 Å². The topological polar surface area (TPSA) is 52.6 Å². The highest BCUT2D eigenvalue weighted by Crippen LogP contribution is 2.64. The van der Waals surface area contributed by atoms with E-state index in [1.165, 1.54) is 0 Å². The molecule has 2 aliphatic carbocycles. The number of carbonyl (C=O) groups excluding carboxylic acids is 2. The minimum absolute atomic E-state index is 0.00391. The van der Waals surface area contributed by atoms with E-state index in [4.69, 9.17) is 9.47 Å². The number of fused-ring (bicyclic) bond motifs is 1. The van der Waals surface area contributed by atoms with Crippen molar-refractivity contribution in [2.75, 3.05) is 0 Å². The zero-order valence-corrected chi connectivity index (χ0v) is 11.0. The maximum Gasteiger partial charge on any atom is 0.377 e. The summed E-state index contributed by atoms with van der Waals surface area (Å²) in [5.74, 6) is -5.64. The van der Waals surface area contributed by atoms with Gasteiger partial charge >= 0.3 is 17.9 Å². The SMILES string of the molecule is CC(F)(F)C(=O)OC1C2OC(=O)C3C2CC1C3(C)C. The Kier molecular flexibility index (Phi) is 2.34. The van der Waals surface area contributed by atoms with Gasteiger partial charge in [0.15, 0.2) is 0 Å². The monoisotopic (exact) mass is 274 g/mol. The number of hydrogen-bond acceptors (Lipinski definition) is 4. The van der Waals surface area contributed by atoms with Crippen molar-refractivity contribution in [2.45, 2.75) is 45.3 Å². The molecule has 4 nitrogen and oxygen atoms in total. The maximum atomic E-state index is 12.9. The van der Waals surface area contributed by atoms with Crippen LogP contribution < -0.4 is 0 Å². The molecular formula is C13H16F2O4. The Hall–Kier alpha value is -1.20. The summed E-state index contributed by atoms with van der Waals surface area (Å²) >= 11 is 0. The lowest BCUT2D eigenvalue weighted by Crippen LogP contribution is -2.46. The summed E-state index contributed by atoms with van der Waals surface area (Å²) in [6, 6.07) is 0. The number of halogens is 2. The van der Waals surface area contributed by atoms with Crippen LogP contribution >= 0.6 is 0 Å². The molecule has 19 heavy (non-hydrogen) atoms. The Morgan fingerprint density at radius 2 is 2.11 bits per heavy atom. The first-order valence-corrected chi connectivity index (χ1v) is 6.43. The Balaban J connectivity index is 1.86. The van der Waals surface area contributed by atoms with Crippen molar-refractivity contribution < 1.29 is 27.8 Å². The van der Waals surface area contributed by atoms with Gasteiger partial charge in [-0.3, -0.25) is 4.79 Å². The van der Waals surface area contributed by atoms with Crippen molar-refractivity contribution in [3.63, 3.8) is 0 Å². The number of ether oxygens (including phenoxy) is 2. The van der Waals surface area contributed by atoms with Crippen LogP contribution in [0.3, 0.4) is 0 Å². The lowest BCUT2D eigenvalue weighted by atomic mass is 9.68. The third-order valence-electron chi connectivity index (χ3n) is 4.96. The number of rotatable bonds is 2. The molecule has 3 fully saturated rings. The first-order valence-electron chi connectivity index (χ1n) is 6.43. The standard InChI is InChI=1S/C13H16F2O4/c1-12(2)6-4-5-7(12)10(16)18-8(5)9(6)19-11(17)13(3,14)15/h5-9H,4H2,1-3H3. The van der Waals surface area contributed by atoms with Crippen LogP contribution in [0.15, 0.2) is 0 Å². The average Bonchev–Trinajstić information content (AvgIpc) is 2.79. The van der Waals surface area contributed by atoms with Gasteiger partial charge in [0.25, 0.3) is 0 Å². The highest BCUT2D eigenvalue weighted by molar-refractivity contribution is 5.79. The third-order valence-corrected chi connectivity index (χ3v) is 4.96. The van der Waals surface area contributed by atoms with Crippen LogP contribution in [0.25, 0.3) is 0 Å². The van der Waals surface area contributed by atoms with E-state index in [9.17, 15) is 18.4 Å². The van der Waals surface area contributed by atoms with E-state index in [0.717, 1.165) is 0 Å². The van der Waals surface area contributed by atoms with E-state index in [1.807, 2.05) is 13.8 Å². The largest absolute Gasteiger partial charge is 0.458 e. The molecule has 6 heteroatoms. The molecule has 5 atom stereocenters. The summed E-state index contributed by atoms with van der Waals surface area (Å²) in [6.07, 6.45) is -0.579. The normalized spacial score (nSPS) is 42.4. The molecule has 5 unspecified atom stereocenters. The van der Waals surface area contributed by atoms with Gasteiger partial charge in [0, 0.05) is 18.8 Å². The summed E-state index contributed by atoms with van der Waals surface area (Å²) in [7, 11) is 0. The molecule has 0 aromatic carbocycles. The molecule has 0 aromatic rings. The zero-order chi connectivity index (χ0) is 14.2. The van der Waals surface area contributed by atoms with Crippen LogP contribution in [-0.2, 0) is 19.1 Å². The molecule has 3 aliphatic rings. The molecule has 0 radical (unpaired) electrons. The van der Waals surface area contributed by atoms with Gasteiger partial charge in [0.2, 0.25) is 0 Å². The van der Waals surface area contributed by atoms with Crippen molar-refractivity contribution >= 4 is 11.9 Å². The van der Waals surface area contributed by atoms with Crippen molar-refractivity contribution in [3.8, 4) is 0 Å². The van der Waals surface area contributed by atoms with Gasteiger partial charge in [-0.1, -0.05) is 13.8 Å². The van der Waals surface area contributed by atoms with Gasteiger partial charge in [-0.25, -0.2) is 4.79 Å². The molecule has 3 rings (SSSR count). The quantitative estimate of drug-likeness (QED) is 0.720. The Morgan fingerprint density at radius 3 is 2.68 bits per heavy atom. The van der Waals surface area contributed by atoms with Crippen molar-refractivity contribution in [1.29, 1.82) is 0 Å². The van der Waals surface area contributed by atoms with Gasteiger partial charge in [0.1, 0.15) is 12.2 Å². The lowest BCUT2D eigenvalue weighted by molar-refractivity contribution is -0.186. The van der Waals surface area contributed by atoms with Crippen LogP contribution in [0.1, 0.15) is 27.2 Å². The maximum absolute atomic E-state index is 12.9. The number of alkyl halides is 2. The Morgan fingerprint density at radius 1 is 1.47 bits per heavy atom. The fourth-order valence-corrected chi connectivity index (χ4v) is 4.09. The fourth-order valence-electron chi connectivity index (χ4n) is 4.09. The molecule has 0 aromatic heterocycles. The number of esters is 2. The molecule has 0 N–H and O–H groups in total. The van der Waals surface area contributed by atoms with Crippen LogP contribution in [-0.4, -0.2) is 30.1 Å². The van der Waals surface area contributed by atoms with E-state index in [-0.39, 0.29) is 29.1 Å². The minimum atomic E-state index is -3.52. The smallest absolute Gasteiger partial charge is 0.377 e.